The Morgan fingerprint density at radius 1 is 0.958 bits per heavy atom. The van der Waals surface area contributed by atoms with Gasteiger partial charge >= 0.3 is 0 Å². The van der Waals surface area contributed by atoms with Gasteiger partial charge in [0.1, 0.15) is 0 Å². The van der Waals surface area contributed by atoms with Gasteiger partial charge in [-0.2, -0.15) is 0 Å². The lowest BCUT2D eigenvalue weighted by molar-refractivity contribution is 0.551. The fraction of sp³-hybridized carbons (Fsp3) is 0.158. The third kappa shape index (κ3) is 3.31. The highest BCUT2D eigenvalue weighted by Gasteiger charge is 2.23. The molecule has 3 aromatic carbocycles. The van der Waals surface area contributed by atoms with Crippen molar-refractivity contribution in [3.63, 3.8) is 0 Å². The molecule has 1 unspecified atom stereocenters. The molecule has 0 aliphatic heterocycles. The van der Waals surface area contributed by atoms with E-state index in [1.807, 2.05) is 55.5 Å². The number of rotatable bonds is 5. The first-order valence-corrected chi connectivity index (χ1v) is 9.63. The Morgan fingerprint density at radius 2 is 1.62 bits per heavy atom. The van der Waals surface area contributed by atoms with Gasteiger partial charge in [-0.25, -0.2) is 13.1 Å². The van der Waals surface area contributed by atoms with E-state index in [-0.39, 0.29) is 10.9 Å². The minimum Gasteiger partial charge on any atom is -0.207 e. The second kappa shape index (κ2) is 6.93. The van der Waals surface area contributed by atoms with Gasteiger partial charge in [0.15, 0.2) is 0 Å². The molecule has 3 nitrogen and oxygen atoms in total. The molecule has 0 aliphatic rings. The molecule has 0 bridgehead atoms. The van der Waals surface area contributed by atoms with E-state index in [1.165, 1.54) is 0 Å². The number of hydrogen-bond acceptors (Lipinski definition) is 2. The van der Waals surface area contributed by atoms with Gasteiger partial charge in [0, 0.05) is 16.5 Å². The molecule has 0 saturated heterocycles. The number of sulfonamides is 1. The molecule has 5 heteroatoms. The molecule has 3 rings (SSSR count). The number of benzene rings is 3. The van der Waals surface area contributed by atoms with Crippen molar-refractivity contribution in [1.82, 2.24) is 4.72 Å². The van der Waals surface area contributed by atoms with Gasteiger partial charge < -0.3 is 0 Å². The van der Waals surface area contributed by atoms with Crippen molar-refractivity contribution in [2.45, 2.75) is 24.3 Å². The summed E-state index contributed by atoms with van der Waals surface area (Å²) in [5.41, 5.74) is 0.940. The summed E-state index contributed by atoms with van der Waals surface area (Å²) >= 11 is 6.26. The average Bonchev–Trinajstić information content (AvgIpc) is 2.60. The second-order valence-electron chi connectivity index (χ2n) is 5.59. The smallest absolute Gasteiger partial charge is 0.207 e. The molecule has 0 radical (unpaired) electrons. The topological polar surface area (TPSA) is 46.2 Å². The summed E-state index contributed by atoms with van der Waals surface area (Å²) in [7, 11) is -3.70. The van der Waals surface area contributed by atoms with Crippen LogP contribution in [0, 0.1) is 0 Å². The Kier molecular flexibility index (Phi) is 4.90. The number of halogens is 1. The third-order valence-electron chi connectivity index (χ3n) is 4.01. The molecular formula is C19H18ClNO2S. The van der Waals surface area contributed by atoms with Crippen LogP contribution in [0.3, 0.4) is 0 Å². The van der Waals surface area contributed by atoms with Crippen LogP contribution in [-0.2, 0) is 10.0 Å². The normalized spacial score (nSPS) is 13.1. The summed E-state index contributed by atoms with van der Waals surface area (Å²) in [5, 5.41) is 1.79. The lowest BCUT2D eigenvalue weighted by Gasteiger charge is -2.18. The monoisotopic (exact) mass is 359 g/mol. The minimum absolute atomic E-state index is 0.208. The van der Waals surface area contributed by atoms with E-state index in [4.69, 9.17) is 11.6 Å². The molecule has 0 amide bonds. The standard InChI is InChI=1S/C19H18ClNO2S/c1-2-17(14-8-4-3-5-9-14)21-24(22,23)18-13-7-11-15-10-6-12-16(20)19(15)18/h3-13,17,21H,2H2,1H3. The fourth-order valence-electron chi connectivity index (χ4n) is 2.81. The second-order valence-corrected chi connectivity index (χ2v) is 7.68. The highest BCUT2D eigenvalue weighted by Crippen LogP contribution is 2.31. The van der Waals surface area contributed by atoms with Crippen molar-refractivity contribution < 1.29 is 8.42 Å². The van der Waals surface area contributed by atoms with Crippen molar-refractivity contribution in [2.75, 3.05) is 0 Å². The highest BCUT2D eigenvalue weighted by molar-refractivity contribution is 7.89. The van der Waals surface area contributed by atoms with Crippen molar-refractivity contribution >= 4 is 32.4 Å². The molecule has 1 atom stereocenters. The van der Waals surface area contributed by atoms with Gasteiger partial charge in [-0.1, -0.05) is 73.1 Å². The molecule has 3 aromatic rings. The molecule has 124 valence electrons. The molecular weight excluding hydrogens is 342 g/mol. The van der Waals surface area contributed by atoms with Crippen molar-refractivity contribution in [3.8, 4) is 0 Å². The van der Waals surface area contributed by atoms with Gasteiger partial charge in [-0.05, 0) is 29.5 Å². The van der Waals surface area contributed by atoms with E-state index in [0.29, 0.717) is 16.8 Å². The Morgan fingerprint density at radius 3 is 2.29 bits per heavy atom. The van der Waals surface area contributed by atoms with Gasteiger partial charge in [-0.3, -0.25) is 0 Å². The van der Waals surface area contributed by atoms with Crippen LogP contribution in [0.2, 0.25) is 5.02 Å². The zero-order valence-electron chi connectivity index (χ0n) is 13.2. The fourth-order valence-corrected chi connectivity index (χ4v) is 4.71. The van der Waals surface area contributed by atoms with Gasteiger partial charge in [0.25, 0.3) is 0 Å². The molecule has 0 aromatic heterocycles. The van der Waals surface area contributed by atoms with Crippen molar-refractivity contribution in [2.24, 2.45) is 0 Å². The van der Waals surface area contributed by atoms with Gasteiger partial charge in [0.2, 0.25) is 10.0 Å². The van der Waals surface area contributed by atoms with Crippen LogP contribution in [0.15, 0.2) is 71.6 Å². The molecule has 0 aliphatic carbocycles. The summed E-state index contributed by atoms with van der Waals surface area (Å²) < 4.78 is 28.8. The zero-order chi connectivity index (χ0) is 17.2. The lowest BCUT2D eigenvalue weighted by Crippen LogP contribution is -2.28. The van der Waals surface area contributed by atoms with Crippen molar-refractivity contribution in [1.29, 1.82) is 0 Å². The Hall–Kier alpha value is -1.88. The van der Waals surface area contributed by atoms with Crippen LogP contribution >= 0.6 is 11.6 Å². The zero-order valence-corrected chi connectivity index (χ0v) is 14.8. The first-order valence-electron chi connectivity index (χ1n) is 7.77. The summed E-state index contributed by atoms with van der Waals surface area (Å²) in [6.07, 6.45) is 0.655. The summed E-state index contributed by atoms with van der Waals surface area (Å²) in [6, 6.07) is 19.8. The van der Waals surface area contributed by atoms with Crippen LogP contribution in [0.4, 0.5) is 0 Å². The van der Waals surface area contributed by atoms with E-state index in [1.54, 1.807) is 18.2 Å². The molecule has 24 heavy (non-hydrogen) atoms. The maximum absolute atomic E-state index is 13.0. The molecule has 0 fully saturated rings. The van der Waals surface area contributed by atoms with Crippen molar-refractivity contribution in [3.05, 3.63) is 77.3 Å². The van der Waals surface area contributed by atoms with E-state index in [9.17, 15) is 8.42 Å². The maximum atomic E-state index is 13.0. The van der Waals surface area contributed by atoms with Gasteiger partial charge in [-0.15, -0.1) is 0 Å². The predicted molar refractivity (Wildman–Crippen MR) is 98.8 cm³/mol. The predicted octanol–water partition coefficient (Wildman–Crippen LogP) is 4.92. The third-order valence-corrected chi connectivity index (χ3v) is 5.84. The minimum atomic E-state index is -3.70. The van der Waals surface area contributed by atoms with E-state index in [2.05, 4.69) is 4.72 Å². The van der Waals surface area contributed by atoms with Gasteiger partial charge in [0.05, 0.1) is 4.90 Å². The maximum Gasteiger partial charge on any atom is 0.241 e. The number of hydrogen-bond donors (Lipinski definition) is 1. The Labute approximate surface area is 147 Å². The molecule has 0 spiro atoms. The summed E-state index contributed by atoms with van der Waals surface area (Å²) in [5.74, 6) is 0. The number of fused-ring (bicyclic) bond motifs is 1. The van der Waals surface area contributed by atoms with Crippen LogP contribution in [0.25, 0.3) is 10.8 Å². The first kappa shape index (κ1) is 17.0. The summed E-state index contributed by atoms with van der Waals surface area (Å²) in [6.45, 7) is 1.95. The molecule has 0 heterocycles. The highest BCUT2D eigenvalue weighted by atomic mass is 35.5. The van der Waals surface area contributed by atoms with E-state index in [0.717, 1.165) is 10.9 Å². The first-order chi connectivity index (χ1) is 11.5. The molecule has 1 N–H and O–H groups in total. The largest absolute Gasteiger partial charge is 0.241 e. The average molecular weight is 360 g/mol. The SMILES string of the molecule is CCC(NS(=O)(=O)c1cccc2cccc(Cl)c12)c1ccccc1. The number of nitrogens with one attached hydrogen (secondary N) is 1. The van der Waals surface area contributed by atoms with E-state index < -0.39 is 10.0 Å². The van der Waals surface area contributed by atoms with Crippen LogP contribution in [0.5, 0.6) is 0 Å². The van der Waals surface area contributed by atoms with Crippen LogP contribution in [-0.4, -0.2) is 8.42 Å². The lowest BCUT2D eigenvalue weighted by atomic mass is 10.1. The van der Waals surface area contributed by atoms with E-state index >= 15 is 0 Å². The van der Waals surface area contributed by atoms with Crippen LogP contribution < -0.4 is 4.72 Å². The Balaban J connectivity index is 2.05. The molecule has 0 saturated carbocycles. The summed E-state index contributed by atoms with van der Waals surface area (Å²) in [4.78, 5) is 0.208. The van der Waals surface area contributed by atoms with Crippen LogP contribution in [0.1, 0.15) is 24.9 Å². The quantitative estimate of drug-likeness (QED) is 0.702. The Bertz CT molecular complexity index is 950.